The molecular weight excluding hydrogens is 531 g/mol. The number of thiophene rings is 1. The number of hydrogen-bond acceptors (Lipinski definition) is 6. The second kappa shape index (κ2) is 8.37. The van der Waals surface area contributed by atoms with Crippen molar-refractivity contribution in [2.24, 2.45) is 0 Å². The molecule has 0 aliphatic heterocycles. The van der Waals surface area contributed by atoms with Gasteiger partial charge in [0.2, 0.25) is 5.95 Å². The molecule has 0 radical (unpaired) electrons. The van der Waals surface area contributed by atoms with Crippen LogP contribution in [0.4, 0.5) is 17.5 Å². The van der Waals surface area contributed by atoms with Crippen LogP contribution in [0.2, 0.25) is 5.02 Å². The Balaban J connectivity index is 1.43. The summed E-state index contributed by atoms with van der Waals surface area (Å²) in [5, 5.41) is 17.6. The van der Waals surface area contributed by atoms with Crippen molar-refractivity contribution in [3.05, 3.63) is 70.2 Å². The Kier molecular flexibility index (Phi) is 5.45. The van der Waals surface area contributed by atoms with Crippen molar-refractivity contribution in [1.82, 2.24) is 20.2 Å². The molecule has 2 aromatic carbocycles. The molecule has 3 heterocycles. The third kappa shape index (κ3) is 4.07. The summed E-state index contributed by atoms with van der Waals surface area (Å²) in [5.41, 5.74) is 5.15. The number of alkyl halides is 1. The topological polar surface area (TPSA) is 78.5 Å². The minimum absolute atomic E-state index is 0.573. The predicted molar refractivity (Wildman–Crippen MR) is 133 cm³/mol. The maximum atomic E-state index is 6.25. The van der Waals surface area contributed by atoms with Crippen LogP contribution in [-0.2, 0) is 11.0 Å². The molecule has 0 atom stereocenters. The lowest BCUT2D eigenvalue weighted by molar-refractivity contribution is 1.07. The number of H-pyrrole nitrogens is 1. The van der Waals surface area contributed by atoms with Gasteiger partial charge in [-0.25, -0.2) is 4.98 Å². The number of anilines is 3. The smallest absolute Gasteiger partial charge is 0.225 e. The van der Waals surface area contributed by atoms with Gasteiger partial charge >= 0.3 is 0 Å². The van der Waals surface area contributed by atoms with E-state index in [-0.39, 0.29) is 0 Å². The Morgan fingerprint density at radius 1 is 1.07 bits per heavy atom. The number of nitrogens with zero attached hydrogens (tertiary/aromatic N) is 3. The van der Waals surface area contributed by atoms with E-state index in [4.69, 9.17) is 16.6 Å². The first kappa shape index (κ1) is 19.5. The summed E-state index contributed by atoms with van der Waals surface area (Å²) in [6.45, 7) is 0.597. The molecule has 150 valence electrons. The van der Waals surface area contributed by atoms with Crippen molar-refractivity contribution >= 4 is 84.1 Å². The normalized spacial score (nSPS) is 11.3. The number of aromatic amines is 1. The lowest BCUT2D eigenvalue weighted by atomic mass is 10.1. The minimum Gasteiger partial charge on any atom is -0.350 e. The van der Waals surface area contributed by atoms with Crippen LogP contribution in [0.3, 0.4) is 0 Å². The van der Waals surface area contributed by atoms with Crippen LogP contribution in [0.25, 0.3) is 21.1 Å². The molecule has 0 amide bonds. The van der Waals surface area contributed by atoms with Gasteiger partial charge in [-0.3, -0.25) is 5.10 Å². The van der Waals surface area contributed by atoms with Gasteiger partial charge in [-0.05, 0) is 52.9 Å². The lowest BCUT2D eigenvalue weighted by Gasteiger charge is -2.11. The average molecular weight is 547 g/mol. The first-order valence-corrected chi connectivity index (χ1v) is 12.0. The molecule has 30 heavy (non-hydrogen) atoms. The molecule has 0 spiro atoms. The fraction of sp³-hybridized carbons (Fsp3) is 0.0952. The molecule has 6 nitrogen and oxygen atoms in total. The van der Waals surface area contributed by atoms with E-state index in [0.717, 1.165) is 47.6 Å². The summed E-state index contributed by atoms with van der Waals surface area (Å²) >= 11 is 10.2. The van der Waals surface area contributed by atoms with Gasteiger partial charge in [0.1, 0.15) is 0 Å². The highest BCUT2D eigenvalue weighted by Gasteiger charge is 2.10. The highest BCUT2D eigenvalue weighted by Crippen LogP contribution is 2.30. The molecule has 5 aromatic rings. The van der Waals surface area contributed by atoms with Gasteiger partial charge in [0.15, 0.2) is 5.82 Å². The van der Waals surface area contributed by atoms with Gasteiger partial charge in [0.05, 0.1) is 21.9 Å². The van der Waals surface area contributed by atoms with E-state index < -0.39 is 0 Å². The molecule has 0 bridgehead atoms. The first-order chi connectivity index (χ1) is 14.7. The number of aromatic nitrogens is 4. The number of halogens is 2. The lowest BCUT2D eigenvalue weighted by Crippen LogP contribution is -2.06. The fourth-order valence-electron chi connectivity index (χ4n) is 3.26. The molecular formula is C21H16ClIN6S. The number of rotatable bonds is 6. The molecule has 0 saturated heterocycles. The van der Waals surface area contributed by atoms with Gasteiger partial charge in [-0.15, -0.1) is 11.3 Å². The average Bonchev–Trinajstić information content (AvgIpc) is 3.40. The highest BCUT2D eigenvalue weighted by atomic mass is 127. The third-order valence-electron chi connectivity index (χ3n) is 4.63. The monoisotopic (exact) mass is 546 g/mol. The van der Waals surface area contributed by atoms with Crippen LogP contribution in [0, 0.1) is 0 Å². The van der Waals surface area contributed by atoms with Crippen LogP contribution >= 0.6 is 45.5 Å². The number of hydrogen-bond donors (Lipinski definition) is 3. The fourth-order valence-corrected chi connectivity index (χ4v) is 4.76. The zero-order chi connectivity index (χ0) is 20.5. The molecule has 5 rings (SSSR count). The van der Waals surface area contributed by atoms with E-state index in [1.807, 2.05) is 48.0 Å². The molecule has 0 aliphatic rings. The summed E-state index contributed by atoms with van der Waals surface area (Å²) in [6.07, 6.45) is 1.81. The molecule has 0 unspecified atom stereocenters. The molecule has 0 fully saturated rings. The number of nitrogens with one attached hydrogen (secondary N) is 3. The van der Waals surface area contributed by atoms with Crippen molar-refractivity contribution in [3.63, 3.8) is 0 Å². The van der Waals surface area contributed by atoms with Crippen LogP contribution < -0.4 is 10.6 Å². The van der Waals surface area contributed by atoms with Crippen LogP contribution in [-0.4, -0.2) is 20.2 Å². The number of benzene rings is 2. The van der Waals surface area contributed by atoms with Gasteiger partial charge in [0, 0.05) is 27.1 Å². The summed E-state index contributed by atoms with van der Waals surface area (Å²) < 4.78 is 1.93. The standard InChI is InChI=1S/C21H16ClIN6S/c22-15-6-12(9-23)5-13(7-15)10-24-21-27-18-3-4-30-19(18)20(28-21)26-16-1-2-17-14(8-16)11-25-29-17/h1-8,11H,9-10H2,(H,25,29)(H2,24,26,27,28). The van der Waals surface area contributed by atoms with E-state index in [0.29, 0.717) is 12.5 Å². The van der Waals surface area contributed by atoms with Gasteiger partial charge in [0.25, 0.3) is 0 Å². The molecule has 9 heteroatoms. The van der Waals surface area contributed by atoms with E-state index in [1.54, 1.807) is 11.3 Å². The number of fused-ring (bicyclic) bond motifs is 2. The van der Waals surface area contributed by atoms with Crippen molar-refractivity contribution in [2.45, 2.75) is 11.0 Å². The SMILES string of the molecule is Clc1cc(CI)cc(CNc2nc(Nc3ccc4[nH]ncc4c3)c3sccc3n2)c1. The van der Waals surface area contributed by atoms with Gasteiger partial charge in [-0.1, -0.05) is 40.3 Å². The second-order valence-electron chi connectivity index (χ2n) is 6.78. The van der Waals surface area contributed by atoms with E-state index in [9.17, 15) is 0 Å². The Labute approximate surface area is 195 Å². The molecule has 3 aromatic heterocycles. The largest absolute Gasteiger partial charge is 0.350 e. The highest BCUT2D eigenvalue weighted by molar-refractivity contribution is 14.1. The summed E-state index contributed by atoms with van der Waals surface area (Å²) in [4.78, 5) is 9.39. The summed E-state index contributed by atoms with van der Waals surface area (Å²) in [6, 6.07) is 14.2. The van der Waals surface area contributed by atoms with Crippen LogP contribution in [0.15, 0.2) is 54.0 Å². The Hall–Kier alpha value is -2.43. The third-order valence-corrected chi connectivity index (χ3v) is 6.64. The van der Waals surface area contributed by atoms with Crippen molar-refractivity contribution in [1.29, 1.82) is 0 Å². The van der Waals surface area contributed by atoms with E-state index in [2.05, 4.69) is 54.5 Å². The maximum Gasteiger partial charge on any atom is 0.225 e. The van der Waals surface area contributed by atoms with Crippen LogP contribution in [0.1, 0.15) is 11.1 Å². The van der Waals surface area contributed by atoms with Crippen LogP contribution in [0.5, 0.6) is 0 Å². The van der Waals surface area contributed by atoms with Gasteiger partial charge < -0.3 is 10.6 Å². The molecule has 3 N–H and O–H groups in total. The summed E-state index contributed by atoms with van der Waals surface area (Å²) in [5.74, 6) is 1.35. The zero-order valence-corrected chi connectivity index (χ0v) is 19.3. The van der Waals surface area contributed by atoms with Crippen molar-refractivity contribution in [3.8, 4) is 0 Å². The second-order valence-corrected chi connectivity index (χ2v) is 8.90. The quantitative estimate of drug-likeness (QED) is 0.167. The Morgan fingerprint density at radius 3 is 2.87 bits per heavy atom. The molecule has 0 aliphatic carbocycles. The van der Waals surface area contributed by atoms with E-state index in [1.165, 1.54) is 5.56 Å². The maximum absolute atomic E-state index is 6.25. The van der Waals surface area contributed by atoms with Gasteiger partial charge in [-0.2, -0.15) is 10.1 Å². The van der Waals surface area contributed by atoms with E-state index >= 15 is 0 Å². The predicted octanol–water partition coefficient (Wildman–Crippen LogP) is 6.51. The Bertz CT molecular complexity index is 1350. The summed E-state index contributed by atoms with van der Waals surface area (Å²) in [7, 11) is 0. The molecule has 0 saturated carbocycles. The van der Waals surface area contributed by atoms with Crippen molar-refractivity contribution in [2.75, 3.05) is 10.6 Å². The Morgan fingerprint density at radius 2 is 1.97 bits per heavy atom. The van der Waals surface area contributed by atoms with Crippen molar-refractivity contribution < 1.29 is 0 Å². The zero-order valence-electron chi connectivity index (χ0n) is 15.6. The first-order valence-electron chi connectivity index (χ1n) is 9.21. The minimum atomic E-state index is 0.573.